The van der Waals surface area contributed by atoms with Gasteiger partial charge in [-0.1, -0.05) is 0 Å². The summed E-state index contributed by atoms with van der Waals surface area (Å²) >= 11 is 0. The molecule has 18 valence electrons. The molecule has 0 spiro atoms. The van der Waals surface area contributed by atoms with Gasteiger partial charge in [-0.2, -0.15) is 0 Å². The second-order valence-corrected chi connectivity index (χ2v) is 0. The molecule has 4 heteroatoms. The van der Waals surface area contributed by atoms with Gasteiger partial charge in [0.05, 0.1) is 0 Å². The van der Waals surface area contributed by atoms with Gasteiger partial charge in [-0.15, -0.1) is 0 Å². The van der Waals surface area contributed by atoms with E-state index in [-0.39, 0.29) is 71.2 Å². The van der Waals surface area contributed by atoms with Crippen LogP contribution in [-0.2, 0) is 47.3 Å². The van der Waals surface area contributed by atoms with Gasteiger partial charge in [0.1, 0.15) is 0 Å². The predicted octanol–water partition coefficient (Wildman–Crippen LogP) is -0.505. The van der Waals surface area contributed by atoms with Gasteiger partial charge in [0.15, 0.2) is 0 Å². The second kappa shape index (κ2) is 19.3. The first-order chi connectivity index (χ1) is 0. The minimum atomic E-state index is 0. The third-order valence-electron chi connectivity index (χ3n) is 0. The third-order valence-corrected chi connectivity index (χ3v) is 0. The fourth-order valence-electron chi connectivity index (χ4n) is 0. The van der Waals surface area contributed by atoms with Crippen LogP contribution in [0.1, 0.15) is 0 Å². The summed E-state index contributed by atoms with van der Waals surface area (Å²) in [6.45, 7) is 0. The van der Waals surface area contributed by atoms with Crippen molar-refractivity contribution >= 4 is 23.9 Å². The Balaban J connectivity index is 0. The van der Waals surface area contributed by atoms with Crippen molar-refractivity contribution in [1.82, 2.24) is 0 Å². The molecule has 1 nitrogen and oxygen atoms in total. The molecule has 0 heterocycles. The molecule has 0 rings (SSSR count). The minimum absolute atomic E-state index is 0. The van der Waals surface area contributed by atoms with Gasteiger partial charge in [-0.3, -0.25) is 0 Å². The van der Waals surface area contributed by atoms with Crippen LogP contribution in [0.4, 0.5) is 0 Å². The van der Waals surface area contributed by atoms with Gasteiger partial charge in [0, 0.05) is 0 Å². The quantitative estimate of drug-likeness (QED) is 0.540. The van der Waals surface area contributed by atoms with Crippen molar-refractivity contribution in [1.29, 1.82) is 0 Å². The summed E-state index contributed by atoms with van der Waals surface area (Å²) in [6, 6.07) is 0. The zero-order valence-electron chi connectivity index (χ0n) is 1.92. The van der Waals surface area contributed by atoms with E-state index in [1.807, 2.05) is 0 Å². The van der Waals surface area contributed by atoms with Gasteiger partial charge in [0.25, 0.3) is 0 Å². The molecule has 0 saturated heterocycles. The molecule has 0 aromatic heterocycles. The van der Waals surface area contributed by atoms with E-state index in [2.05, 4.69) is 0 Å². The topological polar surface area (TPSA) is 28.5 Å². The van der Waals surface area contributed by atoms with Crippen molar-refractivity contribution in [2.75, 3.05) is 0 Å². The van der Waals surface area contributed by atoms with Crippen molar-refractivity contribution in [3.05, 3.63) is 0 Å². The largest absolute Gasteiger partial charge is 4.00 e. The zero-order valence-corrected chi connectivity index (χ0v) is 9.22. The molecule has 0 fully saturated rings. The molecule has 0 atom stereocenters. The van der Waals surface area contributed by atoms with E-state index in [1.54, 1.807) is 0 Å². The summed E-state index contributed by atoms with van der Waals surface area (Å²) in [5.74, 6) is 0. The molecule has 0 aliphatic rings. The molecule has 0 N–H and O–H groups in total. The Morgan fingerprint density at radius 2 is 1.00 bits per heavy atom. The standard InChI is InChI=1S/Ag.O.Sn.Zn/q+1;-2;+4;+2. The maximum absolute atomic E-state index is 0. The van der Waals surface area contributed by atoms with Crippen LogP contribution in [0.2, 0.25) is 0 Å². The summed E-state index contributed by atoms with van der Waals surface area (Å²) in [7, 11) is 0. The van der Waals surface area contributed by atoms with E-state index in [0.29, 0.717) is 0 Å². The molecular formula is AgOSnZn+5. The zero-order chi connectivity index (χ0) is 0. The normalized spacial score (nSPS) is 0. The molecule has 0 radical (unpaired) electrons. The van der Waals surface area contributed by atoms with Gasteiger partial charge >= 0.3 is 65.8 Å². The Morgan fingerprint density at radius 1 is 1.00 bits per heavy atom. The van der Waals surface area contributed by atoms with Crippen molar-refractivity contribution in [2.45, 2.75) is 0 Å². The fourth-order valence-corrected chi connectivity index (χ4v) is 0. The SMILES string of the molecule is [Ag+].[O-2].[Sn+4].[Zn+2]. The van der Waals surface area contributed by atoms with E-state index in [4.69, 9.17) is 0 Å². The molecular weight excluding hydrogens is 308 g/mol. The van der Waals surface area contributed by atoms with Crippen molar-refractivity contribution in [2.24, 2.45) is 0 Å². The smallest absolute Gasteiger partial charge is 2.00 e. The van der Waals surface area contributed by atoms with Crippen LogP contribution >= 0.6 is 0 Å². The van der Waals surface area contributed by atoms with Crippen LogP contribution < -0.4 is 0 Å². The average molecular weight is 308 g/mol. The molecule has 0 aromatic carbocycles. The number of rotatable bonds is 0. The Morgan fingerprint density at radius 3 is 1.00 bits per heavy atom. The Kier molecular flexibility index (Phi) is 172. The molecule has 0 aromatic rings. The number of hydrogen-bond donors (Lipinski definition) is 0. The van der Waals surface area contributed by atoms with Crippen LogP contribution in [0.3, 0.4) is 0 Å². The first-order valence-corrected chi connectivity index (χ1v) is 0. The van der Waals surface area contributed by atoms with E-state index >= 15 is 0 Å². The third kappa shape index (κ3) is 8.92. The van der Waals surface area contributed by atoms with Crippen LogP contribution in [0.15, 0.2) is 0 Å². The van der Waals surface area contributed by atoms with E-state index < -0.39 is 0 Å². The maximum Gasteiger partial charge on any atom is 4.00 e. The average Bonchev–Trinajstić information content (AvgIpc) is 0. The van der Waals surface area contributed by atoms with Crippen molar-refractivity contribution in [3.8, 4) is 0 Å². The van der Waals surface area contributed by atoms with Crippen molar-refractivity contribution < 1.29 is 47.3 Å². The molecule has 0 aliphatic carbocycles. The molecule has 0 aliphatic heterocycles. The van der Waals surface area contributed by atoms with Crippen LogP contribution in [0, 0.1) is 0 Å². The van der Waals surface area contributed by atoms with Crippen LogP contribution in [-0.4, -0.2) is 23.9 Å². The van der Waals surface area contributed by atoms with Crippen LogP contribution in [0.25, 0.3) is 0 Å². The summed E-state index contributed by atoms with van der Waals surface area (Å²) in [4.78, 5) is 0. The first kappa shape index (κ1) is 35.7. The summed E-state index contributed by atoms with van der Waals surface area (Å²) in [6.07, 6.45) is 0. The van der Waals surface area contributed by atoms with E-state index in [9.17, 15) is 0 Å². The Hall–Kier alpha value is 2.12. The summed E-state index contributed by atoms with van der Waals surface area (Å²) in [5.41, 5.74) is 0. The fraction of sp³-hybridized carbons (Fsp3) is 0. The summed E-state index contributed by atoms with van der Waals surface area (Å²) in [5, 5.41) is 0. The molecule has 0 unspecified atom stereocenters. The van der Waals surface area contributed by atoms with Crippen LogP contribution in [0.5, 0.6) is 0 Å². The molecule has 0 saturated carbocycles. The Bertz CT molecular complexity index is 8.00. The van der Waals surface area contributed by atoms with Gasteiger partial charge in [-0.25, -0.2) is 0 Å². The number of hydrogen-bond acceptors (Lipinski definition) is 0. The molecule has 4 heavy (non-hydrogen) atoms. The first-order valence-electron chi connectivity index (χ1n) is 0. The monoisotopic (exact) mass is 307 g/mol. The van der Waals surface area contributed by atoms with Gasteiger partial charge in [0.2, 0.25) is 0 Å². The van der Waals surface area contributed by atoms with E-state index in [0.717, 1.165) is 0 Å². The Labute approximate surface area is 70.4 Å². The molecule has 0 amide bonds. The maximum atomic E-state index is 0. The molecule has 0 bridgehead atoms. The predicted molar refractivity (Wildman–Crippen MR) is 6.44 cm³/mol. The summed E-state index contributed by atoms with van der Waals surface area (Å²) < 4.78 is 0. The van der Waals surface area contributed by atoms with E-state index in [1.165, 1.54) is 0 Å². The minimum Gasteiger partial charge on any atom is -2.00 e. The van der Waals surface area contributed by atoms with Gasteiger partial charge < -0.3 is 5.48 Å². The van der Waals surface area contributed by atoms with Gasteiger partial charge in [-0.05, 0) is 0 Å². The van der Waals surface area contributed by atoms with Crippen molar-refractivity contribution in [3.63, 3.8) is 0 Å². The second-order valence-electron chi connectivity index (χ2n) is 0.